The maximum atomic E-state index is 12.3. The highest BCUT2D eigenvalue weighted by atomic mass is 19.4. The number of para-hydroxylation sites is 2. The molecule has 9 heteroatoms. The number of methoxy groups -OCH3 is 1. The molecule has 1 heterocycles. The van der Waals surface area contributed by atoms with Gasteiger partial charge < -0.3 is 24.3 Å². The third-order valence-electron chi connectivity index (χ3n) is 3.71. The highest BCUT2D eigenvalue weighted by Gasteiger charge is 2.29. The molecule has 1 N–H and O–H groups in total. The van der Waals surface area contributed by atoms with Crippen molar-refractivity contribution in [2.75, 3.05) is 33.5 Å². The van der Waals surface area contributed by atoms with Gasteiger partial charge in [-0.25, -0.2) is 0 Å². The molecular weight excluding hydrogens is 355 g/mol. The number of amides is 1. The fourth-order valence-electron chi connectivity index (χ4n) is 2.58. The summed E-state index contributed by atoms with van der Waals surface area (Å²) in [7, 11) is 1.53. The fourth-order valence-corrected chi connectivity index (χ4v) is 2.58. The molecule has 1 aromatic rings. The van der Waals surface area contributed by atoms with Gasteiger partial charge in [-0.3, -0.25) is 4.79 Å². The molecular formula is C17H22F3NO5. The number of hydrogen-bond acceptors (Lipinski definition) is 5. The number of ether oxygens (including phenoxy) is 4. The minimum Gasteiger partial charge on any atom is -0.480 e. The van der Waals surface area contributed by atoms with Crippen molar-refractivity contribution in [3.8, 4) is 11.5 Å². The van der Waals surface area contributed by atoms with Crippen molar-refractivity contribution in [2.45, 2.75) is 31.2 Å². The van der Waals surface area contributed by atoms with E-state index in [0.717, 1.165) is 12.8 Å². The molecule has 0 radical (unpaired) electrons. The van der Waals surface area contributed by atoms with Crippen LogP contribution in [0.15, 0.2) is 24.3 Å². The maximum absolute atomic E-state index is 12.3. The Balaban J connectivity index is 1.88. The van der Waals surface area contributed by atoms with Crippen molar-refractivity contribution in [3.05, 3.63) is 24.3 Å². The summed E-state index contributed by atoms with van der Waals surface area (Å²) in [5.41, 5.74) is 0. The molecule has 1 aromatic carbocycles. The molecule has 0 saturated carbocycles. The van der Waals surface area contributed by atoms with Crippen molar-refractivity contribution < 1.29 is 36.9 Å². The van der Waals surface area contributed by atoms with E-state index in [1.807, 2.05) is 0 Å². The normalized spacial score (nSPS) is 18.4. The lowest BCUT2D eigenvalue weighted by atomic mass is 10.1. The number of hydrogen-bond donors (Lipinski definition) is 1. The third kappa shape index (κ3) is 6.72. The van der Waals surface area contributed by atoms with Crippen molar-refractivity contribution in [1.29, 1.82) is 0 Å². The molecule has 26 heavy (non-hydrogen) atoms. The van der Waals surface area contributed by atoms with E-state index in [9.17, 15) is 18.0 Å². The summed E-state index contributed by atoms with van der Waals surface area (Å²) in [6.07, 6.45) is -2.84. The van der Waals surface area contributed by atoms with E-state index in [2.05, 4.69) is 5.32 Å². The number of benzene rings is 1. The monoisotopic (exact) mass is 377 g/mol. The van der Waals surface area contributed by atoms with Crippen LogP contribution in [0, 0.1) is 0 Å². The Morgan fingerprint density at radius 1 is 1.31 bits per heavy atom. The molecule has 0 aliphatic carbocycles. The molecule has 1 fully saturated rings. The van der Waals surface area contributed by atoms with Crippen molar-refractivity contribution >= 4 is 5.91 Å². The predicted molar refractivity (Wildman–Crippen MR) is 86.3 cm³/mol. The number of rotatable bonds is 9. The number of alkyl halides is 3. The number of carbonyl (C=O) groups excluding carboxylic acids is 1. The standard InChI is InChI=1S/C17H22F3NO5/c1-23-9-12(13-7-4-8-24-13)21-16(22)10-25-14-5-2-3-6-15(14)26-11-17(18,19)20/h2-3,5-6,12-13H,4,7-11H2,1H3,(H,21,22). The number of carbonyl (C=O) groups is 1. The van der Waals surface area contributed by atoms with Gasteiger partial charge in [0.05, 0.1) is 18.8 Å². The summed E-state index contributed by atoms with van der Waals surface area (Å²) in [5.74, 6) is -0.439. The highest BCUT2D eigenvalue weighted by Crippen LogP contribution is 2.28. The van der Waals surface area contributed by atoms with Crippen LogP contribution >= 0.6 is 0 Å². The maximum Gasteiger partial charge on any atom is 0.422 e. The minimum atomic E-state index is -4.46. The lowest BCUT2D eigenvalue weighted by Crippen LogP contribution is -2.47. The molecule has 6 nitrogen and oxygen atoms in total. The topological polar surface area (TPSA) is 66.0 Å². The van der Waals surface area contributed by atoms with E-state index in [1.54, 1.807) is 6.07 Å². The van der Waals surface area contributed by atoms with Gasteiger partial charge in [-0.1, -0.05) is 12.1 Å². The van der Waals surface area contributed by atoms with Gasteiger partial charge in [-0.05, 0) is 25.0 Å². The van der Waals surface area contributed by atoms with Crippen LogP contribution < -0.4 is 14.8 Å². The summed E-state index contributed by atoms with van der Waals surface area (Å²) < 4.78 is 57.6. The van der Waals surface area contributed by atoms with E-state index in [1.165, 1.54) is 25.3 Å². The van der Waals surface area contributed by atoms with Crippen LogP contribution in [0.4, 0.5) is 13.2 Å². The summed E-state index contributed by atoms with van der Waals surface area (Å²) in [6.45, 7) is -0.864. The van der Waals surface area contributed by atoms with Crippen LogP contribution in [-0.2, 0) is 14.3 Å². The SMILES string of the molecule is COCC(NC(=O)COc1ccccc1OCC(F)(F)F)C1CCCO1. The summed E-state index contributed by atoms with van der Waals surface area (Å²) in [4.78, 5) is 12.1. The lowest BCUT2D eigenvalue weighted by Gasteiger charge is -2.23. The lowest BCUT2D eigenvalue weighted by molar-refractivity contribution is -0.153. The van der Waals surface area contributed by atoms with Gasteiger partial charge in [0.2, 0.25) is 0 Å². The zero-order valence-electron chi connectivity index (χ0n) is 14.4. The Morgan fingerprint density at radius 2 is 2.00 bits per heavy atom. The smallest absolute Gasteiger partial charge is 0.422 e. The van der Waals surface area contributed by atoms with Crippen molar-refractivity contribution in [1.82, 2.24) is 5.32 Å². The Kier molecular flexibility index (Phi) is 7.52. The van der Waals surface area contributed by atoms with Crippen LogP contribution in [0.3, 0.4) is 0 Å². The number of halogens is 3. The molecule has 2 rings (SSSR count). The largest absolute Gasteiger partial charge is 0.480 e. The first kappa shape index (κ1) is 20.3. The van der Waals surface area contributed by atoms with Gasteiger partial charge in [-0.15, -0.1) is 0 Å². The van der Waals surface area contributed by atoms with Crippen molar-refractivity contribution in [3.63, 3.8) is 0 Å². The van der Waals surface area contributed by atoms with Crippen molar-refractivity contribution in [2.24, 2.45) is 0 Å². The summed E-state index contributed by atoms with van der Waals surface area (Å²) >= 11 is 0. The van der Waals surface area contributed by atoms with Gasteiger partial charge in [-0.2, -0.15) is 13.2 Å². The Labute approximate surface area is 149 Å². The van der Waals surface area contributed by atoms with Crippen LogP contribution in [0.25, 0.3) is 0 Å². The molecule has 146 valence electrons. The predicted octanol–water partition coefficient (Wildman–Crippen LogP) is 2.32. The van der Waals surface area contributed by atoms with E-state index >= 15 is 0 Å². The third-order valence-corrected chi connectivity index (χ3v) is 3.71. The van der Waals surface area contributed by atoms with E-state index in [0.29, 0.717) is 13.2 Å². The summed E-state index contributed by atoms with van der Waals surface area (Å²) in [5, 5.41) is 2.77. The molecule has 1 saturated heterocycles. The quantitative estimate of drug-likeness (QED) is 0.716. The zero-order chi connectivity index (χ0) is 19.0. The molecule has 2 unspecified atom stereocenters. The Morgan fingerprint density at radius 3 is 2.58 bits per heavy atom. The number of nitrogens with one attached hydrogen (secondary N) is 1. The second-order valence-corrected chi connectivity index (χ2v) is 5.82. The second kappa shape index (κ2) is 9.63. The first-order valence-electron chi connectivity index (χ1n) is 8.20. The zero-order valence-corrected chi connectivity index (χ0v) is 14.4. The summed E-state index contributed by atoms with van der Waals surface area (Å²) in [6, 6.07) is 5.57. The molecule has 0 bridgehead atoms. The van der Waals surface area contributed by atoms with Gasteiger partial charge in [0.15, 0.2) is 24.7 Å². The van der Waals surface area contributed by atoms with E-state index in [4.69, 9.17) is 18.9 Å². The fraction of sp³-hybridized carbons (Fsp3) is 0.588. The molecule has 0 spiro atoms. The first-order chi connectivity index (χ1) is 12.4. The Hall–Kier alpha value is -2.00. The second-order valence-electron chi connectivity index (χ2n) is 5.82. The van der Waals surface area contributed by atoms with Crippen LogP contribution in [-0.4, -0.2) is 57.8 Å². The molecule has 1 aliphatic rings. The molecule has 2 atom stereocenters. The van der Waals surface area contributed by atoms with Gasteiger partial charge >= 0.3 is 6.18 Å². The van der Waals surface area contributed by atoms with Gasteiger partial charge in [0.1, 0.15) is 0 Å². The Bertz CT molecular complexity index is 576. The van der Waals surface area contributed by atoms with Crippen LogP contribution in [0.1, 0.15) is 12.8 Å². The highest BCUT2D eigenvalue weighted by molar-refractivity contribution is 5.78. The molecule has 1 aliphatic heterocycles. The molecule has 1 amide bonds. The minimum absolute atomic E-state index is 0.0623. The molecule has 0 aromatic heterocycles. The first-order valence-corrected chi connectivity index (χ1v) is 8.20. The average Bonchev–Trinajstić information content (AvgIpc) is 3.12. The van der Waals surface area contributed by atoms with E-state index < -0.39 is 18.7 Å². The van der Waals surface area contributed by atoms with Crippen LogP contribution in [0.5, 0.6) is 11.5 Å². The van der Waals surface area contributed by atoms with Gasteiger partial charge in [0.25, 0.3) is 5.91 Å². The average molecular weight is 377 g/mol. The van der Waals surface area contributed by atoms with Crippen LogP contribution in [0.2, 0.25) is 0 Å². The van der Waals surface area contributed by atoms with E-state index in [-0.39, 0.29) is 30.3 Å². The van der Waals surface area contributed by atoms with Gasteiger partial charge in [0, 0.05) is 13.7 Å².